The van der Waals surface area contributed by atoms with Crippen molar-refractivity contribution in [2.75, 3.05) is 26.2 Å². The van der Waals surface area contributed by atoms with Gasteiger partial charge < -0.3 is 4.90 Å². The number of rotatable bonds is 8. The van der Waals surface area contributed by atoms with Gasteiger partial charge in [0.2, 0.25) is 10.0 Å². The third-order valence-corrected chi connectivity index (χ3v) is 8.14. The largest absolute Gasteiger partial charge is 0.336 e. The van der Waals surface area contributed by atoms with Gasteiger partial charge in [0, 0.05) is 55.3 Å². The van der Waals surface area contributed by atoms with E-state index in [1.807, 2.05) is 4.90 Å². The van der Waals surface area contributed by atoms with Crippen molar-refractivity contribution in [1.82, 2.24) is 14.5 Å². The van der Waals surface area contributed by atoms with Gasteiger partial charge in [0.1, 0.15) is 0 Å². The van der Waals surface area contributed by atoms with E-state index >= 15 is 0 Å². The number of amides is 1. The highest BCUT2D eigenvalue weighted by Crippen LogP contribution is 2.16. The van der Waals surface area contributed by atoms with Crippen LogP contribution in [0.25, 0.3) is 0 Å². The summed E-state index contributed by atoms with van der Waals surface area (Å²) in [5, 5.41) is 2.08. The van der Waals surface area contributed by atoms with Crippen LogP contribution < -0.4 is 4.72 Å². The summed E-state index contributed by atoms with van der Waals surface area (Å²) in [5.74, 6) is -0.125. The van der Waals surface area contributed by atoms with Crippen LogP contribution in [0, 0.1) is 0 Å². The molecule has 3 aromatic rings. The minimum absolute atomic E-state index is 0.00605. The number of nitrogens with zero attached hydrogens (tertiary/aromatic N) is 2. The van der Waals surface area contributed by atoms with Crippen molar-refractivity contribution in [2.45, 2.75) is 24.9 Å². The smallest absolute Gasteiger partial charge is 0.253 e. The van der Waals surface area contributed by atoms with Gasteiger partial charge >= 0.3 is 0 Å². The predicted octanol–water partition coefficient (Wildman–Crippen LogP) is 3.39. The minimum atomic E-state index is -3.71. The Hall–Kier alpha value is -2.85. The van der Waals surface area contributed by atoms with Crippen molar-refractivity contribution in [3.63, 3.8) is 0 Å². The molecule has 178 valence electrons. The third-order valence-electron chi connectivity index (χ3n) is 5.86. The van der Waals surface area contributed by atoms with Crippen LogP contribution in [0.1, 0.15) is 38.1 Å². The van der Waals surface area contributed by atoms with E-state index < -0.39 is 10.0 Å². The molecule has 1 aliphatic heterocycles. The van der Waals surface area contributed by atoms with Crippen LogP contribution >= 0.6 is 11.3 Å². The number of carbonyl (C=O) groups is 2. The molecule has 1 aromatic heterocycles. The van der Waals surface area contributed by atoms with Gasteiger partial charge in [0.05, 0.1) is 4.90 Å². The number of benzene rings is 2. The number of carbonyl (C=O) groups excluding carboxylic acids is 2. The van der Waals surface area contributed by atoms with E-state index in [0.29, 0.717) is 24.2 Å². The van der Waals surface area contributed by atoms with Crippen molar-refractivity contribution in [3.8, 4) is 0 Å². The van der Waals surface area contributed by atoms with Crippen molar-refractivity contribution < 1.29 is 18.0 Å². The molecule has 0 radical (unpaired) electrons. The van der Waals surface area contributed by atoms with Gasteiger partial charge in [-0.15, -0.1) is 11.3 Å². The maximum Gasteiger partial charge on any atom is 0.253 e. The molecule has 0 spiro atoms. The standard InChI is InChI=1S/C25H27N3O4S2/c1-19(29)21-8-10-24(11-9-21)34(31,32)26-17-20-4-6-22(7-5-20)25(30)28-14-12-27(13-15-28)18-23-3-2-16-33-23/h2-11,16,26H,12-15,17-18H2,1H3. The Labute approximate surface area is 204 Å². The Morgan fingerprint density at radius 2 is 1.56 bits per heavy atom. The van der Waals surface area contributed by atoms with Gasteiger partial charge in [0.15, 0.2) is 5.78 Å². The number of hydrogen-bond donors (Lipinski definition) is 1. The highest BCUT2D eigenvalue weighted by Gasteiger charge is 2.22. The molecule has 1 aliphatic rings. The summed E-state index contributed by atoms with van der Waals surface area (Å²) < 4.78 is 27.6. The molecule has 4 rings (SSSR count). The first-order valence-corrected chi connectivity index (χ1v) is 13.4. The Bertz CT molecular complexity index is 1230. The molecule has 2 aromatic carbocycles. The Morgan fingerprint density at radius 1 is 0.912 bits per heavy atom. The van der Waals surface area contributed by atoms with Gasteiger partial charge in [-0.1, -0.05) is 30.3 Å². The third kappa shape index (κ3) is 5.98. The highest BCUT2D eigenvalue weighted by molar-refractivity contribution is 7.89. The summed E-state index contributed by atoms with van der Waals surface area (Å²) in [6.07, 6.45) is 0. The van der Waals surface area contributed by atoms with Crippen LogP contribution in [0.5, 0.6) is 0 Å². The highest BCUT2D eigenvalue weighted by atomic mass is 32.2. The minimum Gasteiger partial charge on any atom is -0.336 e. The van der Waals surface area contributed by atoms with Crippen LogP contribution in [-0.4, -0.2) is 56.1 Å². The van der Waals surface area contributed by atoms with E-state index in [1.54, 1.807) is 35.6 Å². The van der Waals surface area contributed by atoms with E-state index in [0.717, 1.165) is 25.2 Å². The lowest BCUT2D eigenvalue weighted by atomic mass is 10.1. The summed E-state index contributed by atoms with van der Waals surface area (Å²) in [5.41, 5.74) is 1.81. The summed E-state index contributed by atoms with van der Waals surface area (Å²) in [6.45, 7) is 5.52. The fourth-order valence-corrected chi connectivity index (χ4v) is 5.57. The maximum atomic E-state index is 12.9. The molecule has 7 nitrogen and oxygen atoms in total. The van der Waals surface area contributed by atoms with E-state index in [4.69, 9.17) is 0 Å². The molecule has 0 bridgehead atoms. The first-order valence-electron chi connectivity index (χ1n) is 11.1. The summed E-state index contributed by atoms with van der Waals surface area (Å²) in [7, 11) is -3.71. The molecular formula is C25H27N3O4S2. The molecule has 0 unspecified atom stereocenters. The molecule has 1 saturated heterocycles. The second-order valence-corrected chi connectivity index (χ2v) is 11.0. The molecule has 0 saturated carbocycles. The lowest BCUT2D eigenvalue weighted by Gasteiger charge is -2.34. The monoisotopic (exact) mass is 497 g/mol. The lowest BCUT2D eigenvalue weighted by Crippen LogP contribution is -2.48. The van der Waals surface area contributed by atoms with Crippen molar-refractivity contribution in [3.05, 3.63) is 87.6 Å². The number of ketones is 1. The first-order chi connectivity index (χ1) is 16.3. The number of piperazine rings is 1. The second kappa shape index (κ2) is 10.6. The number of thiophene rings is 1. The fourth-order valence-electron chi connectivity index (χ4n) is 3.81. The summed E-state index contributed by atoms with van der Waals surface area (Å²) >= 11 is 1.75. The second-order valence-electron chi connectivity index (χ2n) is 8.25. The van der Waals surface area contributed by atoms with Crippen LogP contribution in [0.4, 0.5) is 0 Å². The number of Topliss-reactive ketones (excluding diaryl/α,β-unsaturated/α-hetero) is 1. The van der Waals surface area contributed by atoms with Gasteiger partial charge in [-0.2, -0.15) is 0 Å². The zero-order chi connectivity index (χ0) is 24.1. The van der Waals surface area contributed by atoms with Crippen LogP contribution in [0.2, 0.25) is 0 Å². The molecule has 1 N–H and O–H groups in total. The zero-order valence-electron chi connectivity index (χ0n) is 18.9. The average Bonchev–Trinajstić information content (AvgIpc) is 3.36. The molecule has 0 atom stereocenters. The van der Waals surface area contributed by atoms with Gasteiger partial charge in [0.25, 0.3) is 5.91 Å². The quantitative estimate of drug-likeness (QED) is 0.482. The van der Waals surface area contributed by atoms with Crippen molar-refractivity contribution in [2.24, 2.45) is 0 Å². The summed E-state index contributed by atoms with van der Waals surface area (Å²) in [4.78, 5) is 29.9. The normalized spacial score (nSPS) is 14.8. The fraction of sp³-hybridized carbons (Fsp3) is 0.280. The number of sulfonamides is 1. The Morgan fingerprint density at radius 3 is 2.15 bits per heavy atom. The number of hydrogen-bond acceptors (Lipinski definition) is 6. The van der Waals surface area contributed by atoms with E-state index in [2.05, 4.69) is 27.1 Å². The first kappa shape index (κ1) is 24.3. The van der Waals surface area contributed by atoms with E-state index in [9.17, 15) is 18.0 Å². The Balaban J connectivity index is 1.29. The van der Waals surface area contributed by atoms with E-state index in [1.165, 1.54) is 36.1 Å². The lowest BCUT2D eigenvalue weighted by molar-refractivity contribution is 0.0629. The van der Waals surface area contributed by atoms with Crippen LogP contribution in [0.15, 0.2) is 70.9 Å². The number of nitrogens with one attached hydrogen (secondary N) is 1. The SMILES string of the molecule is CC(=O)c1ccc(S(=O)(=O)NCc2ccc(C(=O)N3CCN(Cc4cccs4)CC3)cc2)cc1. The Kier molecular flexibility index (Phi) is 7.57. The molecule has 0 aliphatic carbocycles. The topological polar surface area (TPSA) is 86.8 Å². The summed E-state index contributed by atoms with van der Waals surface area (Å²) in [6, 6.07) is 17.0. The molecule has 9 heteroatoms. The van der Waals surface area contributed by atoms with Gasteiger partial charge in [-0.05, 0) is 48.2 Å². The maximum absolute atomic E-state index is 12.9. The van der Waals surface area contributed by atoms with Gasteiger partial charge in [-0.25, -0.2) is 13.1 Å². The molecular weight excluding hydrogens is 470 g/mol. The van der Waals surface area contributed by atoms with E-state index in [-0.39, 0.29) is 23.1 Å². The zero-order valence-corrected chi connectivity index (χ0v) is 20.6. The molecule has 1 amide bonds. The van der Waals surface area contributed by atoms with Crippen LogP contribution in [-0.2, 0) is 23.1 Å². The van der Waals surface area contributed by atoms with Gasteiger partial charge in [-0.3, -0.25) is 14.5 Å². The van der Waals surface area contributed by atoms with Crippen molar-refractivity contribution >= 4 is 33.1 Å². The van der Waals surface area contributed by atoms with Crippen LogP contribution in [0.3, 0.4) is 0 Å². The molecule has 2 heterocycles. The van der Waals surface area contributed by atoms with Crippen molar-refractivity contribution in [1.29, 1.82) is 0 Å². The predicted molar refractivity (Wildman–Crippen MR) is 132 cm³/mol. The average molecular weight is 498 g/mol. The molecule has 1 fully saturated rings. The molecule has 34 heavy (non-hydrogen) atoms.